The second-order valence-corrected chi connectivity index (χ2v) is 10.6. The highest BCUT2D eigenvalue weighted by Crippen LogP contribution is 2.40. The zero-order chi connectivity index (χ0) is 33.4. The summed E-state index contributed by atoms with van der Waals surface area (Å²) >= 11 is 0. The van der Waals surface area contributed by atoms with Crippen LogP contribution in [0.3, 0.4) is 0 Å². The molecule has 2 aromatic carbocycles. The quantitative estimate of drug-likeness (QED) is 0.116. The van der Waals surface area contributed by atoms with E-state index in [1.807, 2.05) is 0 Å². The molecule has 0 spiro atoms. The van der Waals surface area contributed by atoms with Crippen LogP contribution in [0, 0.1) is 0 Å². The number of ether oxygens (including phenoxy) is 6. The number of phenols is 1. The minimum Gasteiger partial charge on any atom is -0.507 e. The third-order valence-corrected chi connectivity index (χ3v) is 7.74. The second kappa shape index (κ2) is 13.5. The molecule has 2 fully saturated rings. The van der Waals surface area contributed by atoms with E-state index in [2.05, 4.69) is 0 Å². The lowest BCUT2D eigenvalue weighted by molar-refractivity contribution is -0.277. The van der Waals surface area contributed by atoms with Crippen molar-refractivity contribution in [2.24, 2.45) is 0 Å². The Morgan fingerprint density at radius 3 is 1.83 bits per heavy atom. The van der Waals surface area contributed by atoms with E-state index in [-0.39, 0.29) is 28.4 Å². The van der Waals surface area contributed by atoms with Crippen molar-refractivity contribution in [2.75, 3.05) is 27.4 Å². The van der Waals surface area contributed by atoms with Gasteiger partial charge in [-0.15, -0.1) is 0 Å². The summed E-state index contributed by atoms with van der Waals surface area (Å²) in [4.78, 5) is 13.9. The number of aliphatic hydroxyl groups excluding tert-OH is 8. The fraction of sp³-hybridized carbons (Fsp3) is 0.483. The van der Waals surface area contributed by atoms with Gasteiger partial charge in [0.1, 0.15) is 71.3 Å². The summed E-state index contributed by atoms with van der Waals surface area (Å²) < 4.78 is 38.8. The molecule has 0 saturated carbocycles. The normalized spacial score (nSPS) is 31.4. The van der Waals surface area contributed by atoms with Gasteiger partial charge >= 0.3 is 0 Å². The lowest BCUT2D eigenvalue weighted by Gasteiger charge is -2.39. The number of benzene rings is 2. The molecule has 5 rings (SSSR count). The Morgan fingerprint density at radius 2 is 1.28 bits per heavy atom. The first-order chi connectivity index (χ1) is 21.9. The first kappa shape index (κ1) is 33.6. The highest BCUT2D eigenvalue weighted by atomic mass is 16.7. The lowest BCUT2D eigenvalue weighted by atomic mass is 9.99. The highest BCUT2D eigenvalue weighted by molar-refractivity contribution is 5.88. The maximum absolute atomic E-state index is 13.9. The topological polar surface area (TPSA) is 268 Å². The van der Waals surface area contributed by atoms with Gasteiger partial charge in [-0.1, -0.05) is 0 Å². The van der Waals surface area contributed by atoms with E-state index in [4.69, 9.17) is 32.8 Å². The van der Waals surface area contributed by atoms with E-state index in [0.717, 1.165) is 12.1 Å². The summed E-state index contributed by atoms with van der Waals surface area (Å²) in [7, 11) is 2.77. The molecular formula is C29H34O17. The smallest absolute Gasteiger partial charge is 0.239 e. The molecule has 2 aliphatic rings. The van der Waals surface area contributed by atoms with Gasteiger partial charge in [0.25, 0.3) is 0 Å². The van der Waals surface area contributed by atoms with Crippen molar-refractivity contribution in [1.29, 1.82) is 0 Å². The van der Waals surface area contributed by atoms with E-state index < -0.39 is 96.9 Å². The van der Waals surface area contributed by atoms with Gasteiger partial charge in [-0.25, -0.2) is 0 Å². The van der Waals surface area contributed by atoms with Crippen LogP contribution in [0.1, 0.15) is 0 Å². The molecule has 0 aliphatic carbocycles. The van der Waals surface area contributed by atoms with Gasteiger partial charge in [-0.2, -0.15) is 0 Å². The van der Waals surface area contributed by atoms with Crippen LogP contribution in [0.4, 0.5) is 0 Å². The summed E-state index contributed by atoms with van der Waals surface area (Å²) in [5, 5.41) is 91.1. The number of phenolic OH excluding ortho intramolecular Hbond substituents is 1. The molecule has 10 unspecified atom stereocenters. The van der Waals surface area contributed by atoms with Gasteiger partial charge in [0.15, 0.2) is 17.3 Å². The molecule has 17 heteroatoms. The molecule has 17 nitrogen and oxygen atoms in total. The van der Waals surface area contributed by atoms with Crippen LogP contribution in [-0.4, -0.2) is 135 Å². The van der Waals surface area contributed by atoms with E-state index in [0.29, 0.717) is 5.75 Å². The monoisotopic (exact) mass is 654 g/mol. The van der Waals surface area contributed by atoms with E-state index in [1.165, 1.54) is 32.4 Å². The average molecular weight is 655 g/mol. The molecule has 3 heterocycles. The summed E-state index contributed by atoms with van der Waals surface area (Å²) in [6.07, 6.45) is -16.7. The molecule has 0 radical (unpaired) electrons. The van der Waals surface area contributed by atoms with Gasteiger partial charge in [-0.05, 0) is 18.2 Å². The molecule has 0 amide bonds. The summed E-state index contributed by atoms with van der Waals surface area (Å²) in [5.74, 6) is -1.30. The molecule has 0 bridgehead atoms. The fourth-order valence-corrected chi connectivity index (χ4v) is 5.18. The maximum atomic E-state index is 13.9. The Balaban J connectivity index is 1.62. The average Bonchev–Trinajstić information content (AvgIpc) is 3.05. The first-order valence-electron chi connectivity index (χ1n) is 13.9. The Morgan fingerprint density at radius 1 is 0.717 bits per heavy atom. The number of methoxy groups -OCH3 is 2. The van der Waals surface area contributed by atoms with Gasteiger partial charge in [0, 0.05) is 17.7 Å². The number of rotatable bonds is 9. The molecule has 1 aromatic heterocycles. The van der Waals surface area contributed by atoms with Crippen molar-refractivity contribution in [3.63, 3.8) is 0 Å². The zero-order valence-corrected chi connectivity index (χ0v) is 24.4. The Kier molecular flexibility index (Phi) is 9.89. The van der Waals surface area contributed by atoms with Crippen LogP contribution in [0.2, 0.25) is 0 Å². The molecule has 46 heavy (non-hydrogen) atoms. The van der Waals surface area contributed by atoms with Gasteiger partial charge in [0.05, 0.1) is 27.4 Å². The van der Waals surface area contributed by atoms with Crippen LogP contribution < -0.4 is 24.4 Å². The standard InChI is InChI=1S/C29H34O17/c1-40-13-4-3-10(5-14(13)41-2)26-27(46-29-25(39)23(37)20(34)17(9-31)45-29)21(35)18-12(32)6-11(7-15(18)43-26)42-28-24(38)22(36)19(33)16(8-30)44-28/h3-7,16-17,19-20,22-25,28-34,36-39H,8-9H2,1-2H3. The molecular weight excluding hydrogens is 620 g/mol. The van der Waals surface area contributed by atoms with Crippen molar-refractivity contribution in [1.82, 2.24) is 0 Å². The molecule has 3 aromatic rings. The molecule has 252 valence electrons. The molecule has 2 aliphatic heterocycles. The Hall–Kier alpha value is -3.75. The SMILES string of the molecule is COc1ccc(-c2oc3cc(OC4OC(CO)C(O)C(O)C4O)cc(O)c3c(=O)c2OC2OC(CO)C(O)C(O)C2O)cc1OC. The zero-order valence-electron chi connectivity index (χ0n) is 24.4. The number of aliphatic hydroxyl groups is 8. The Labute approximate surface area is 259 Å². The number of hydrogen-bond acceptors (Lipinski definition) is 17. The minimum atomic E-state index is -1.89. The van der Waals surface area contributed by atoms with Crippen LogP contribution in [0.15, 0.2) is 39.5 Å². The van der Waals surface area contributed by atoms with Gasteiger partial charge < -0.3 is 78.8 Å². The van der Waals surface area contributed by atoms with Crippen molar-refractivity contribution < 1.29 is 78.8 Å². The largest absolute Gasteiger partial charge is 0.507 e. The van der Waals surface area contributed by atoms with Crippen LogP contribution in [0.25, 0.3) is 22.3 Å². The molecule has 2 saturated heterocycles. The minimum absolute atomic E-state index is 0.163. The number of hydrogen-bond donors (Lipinski definition) is 9. The highest BCUT2D eigenvalue weighted by Gasteiger charge is 2.46. The summed E-state index contributed by atoms with van der Waals surface area (Å²) in [5.41, 5.74) is -1.11. The van der Waals surface area contributed by atoms with E-state index in [9.17, 15) is 50.8 Å². The number of fused-ring (bicyclic) bond motifs is 1. The maximum Gasteiger partial charge on any atom is 0.239 e. The van der Waals surface area contributed by atoms with Crippen molar-refractivity contribution in [3.8, 4) is 40.1 Å². The third kappa shape index (κ3) is 6.05. The van der Waals surface area contributed by atoms with Crippen molar-refractivity contribution >= 4 is 11.0 Å². The Bertz CT molecular complexity index is 1590. The van der Waals surface area contributed by atoms with Crippen LogP contribution in [-0.2, 0) is 9.47 Å². The van der Waals surface area contributed by atoms with Crippen LogP contribution >= 0.6 is 0 Å². The van der Waals surface area contributed by atoms with Crippen LogP contribution in [0.5, 0.6) is 28.7 Å². The predicted octanol–water partition coefficient (Wildman–Crippen LogP) is -2.46. The van der Waals surface area contributed by atoms with E-state index in [1.54, 1.807) is 0 Å². The fourth-order valence-electron chi connectivity index (χ4n) is 5.18. The van der Waals surface area contributed by atoms with Crippen molar-refractivity contribution in [2.45, 2.75) is 61.4 Å². The first-order valence-corrected chi connectivity index (χ1v) is 13.9. The van der Waals surface area contributed by atoms with Gasteiger partial charge in [-0.3, -0.25) is 4.79 Å². The predicted molar refractivity (Wildman–Crippen MR) is 151 cm³/mol. The van der Waals surface area contributed by atoms with Gasteiger partial charge in [0.2, 0.25) is 23.8 Å². The summed E-state index contributed by atoms with van der Waals surface area (Å²) in [6, 6.07) is 6.51. The lowest BCUT2D eigenvalue weighted by Crippen LogP contribution is -2.60. The number of aromatic hydroxyl groups is 1. The van der Waals surface area contributed by atoms with Crippen molar-refractivity contribution in [3.05, 3.63) is 40.6 Å². The molecule has 9 N–H and O–H groups in total. The van der Waals surface area contributed by atoms with E-state index >= 15 is 0 Å². The third-order valence-electron chi connectivity index (χ3n) is 7.74. The summed E-state index contributed by atoms with van der Waals surface area (Å²) in [6.45, 7) is -1.48. The second-order valence-electron chi connectivity index (χ2n) is 10.6. The molecule has 10 atom stereocenters.